The van der Waals surface area contributed by atoms with Gasteiger partial charge in [0.1, 0.15) is 5.01 Å². The van der Waals surface area contributed by atoms with Crippen molar-refractivity contribution in [1.82, 2.24) is 20.5 Å². The number of aromatic nitrogens is 1. The van der Waals surface area contributed by atoms with Gasteiger partial charge in [0.25, 0.3) is 0 Å². The number of hydrogen-bond acceptors (Lipinski definition) is 4. The van der Waals surface area contributed by atoms with Crippen molar-refractivity contribution in [3.8, 4) is 0 Å². The third-order valence-electron chi connectivity index (χ3n) is 4.94. The Morgan fingerprint density at radius 2 is 1.92 bits per heavy atom. The van der Waals surface area contributed by atoms with E-state index in [9.17, 15) is 0 Å². The molecule has 0 aromatic carbocycles. The molecule has 1 aromatic rings. The van der Waals surface area contributed by atoms with Gasteiger partial charge in [0.2, 0.25) is 0 Å². The average molecular weight is 494 g/mol. The third-order valence-corrected chi connectivity index (χ3v) is 6.08. The highest BCUT2D eigenvalue weighted by Crippen LogP contribution is 2.17. The summed E-state index contributed by atoms with van der Waals surface area (Å²) < 4.78 is 0. The highest BCUT2D eigenvalue weighted by Gasteiger charge is 2.22. The molecule has 0 radical (unpaired) electrons. The fourth-order valence-electron chi connectivity index (χ4n) is 3.39. The van der Waals surface area contributed by atoms with Gasteiger partial charge in [-0.15, -0.1) is 35.3 Å². The molecule has 7 heteroatoms. The number of guanidine groups is 1. The summed E-state index contributed by atoms with van der Waals surface area (Å²) in [6.07, 6.45) is 8.46. The lowest BCUT2D eigenvalue weighted by Gasteiger charge is -2.34. The predicted octanol–water partition coefficient (Wildman–Crippen LogP) is 3.89. The van der Waals surface area contributed by atoms with Gasteiger partial charge in [-0.2, -0.15) is 0 Å². The van der Waals surface area contributed by atoms with Crippen molar-refractivity contribution >= 4 is 41.3 Å². The number of aliphatic imine (C=N–C) groups is 1. The van der Waals surface area contributed by atoms with Gasteiger partial charge in [-0.05, 0) is 38.3 Å². The molecule has 1 saturated heterocycles. The number of thiazole rings is 1. The molecule has 2 heterocycles. The van der Waals surface area contributed by atoms with E-state index < -0.39 is 0 Å². The van der Waals surface area contributed by atoms with Crippen LogP contribution in [-0.4, -0.2) is 48.6 Å². The Hall–Kier alpha value is -0.410. The Kier molecular flexibility index (Phi) is 11.7. The summed E-state index contributed by atoms with van der Waals surface area (Å²) in [4.78, 5) is 12.9. The molecular weight excluding hydrogens is 457 g/mol. The van der Waals surface area contributed by atoms with Gasteiger partial charge >= 0.3 is 0 Å². The molecule has 1 atom stereocenters. The lowest BCUT2D eigenvalue weighted by molar-refractivity contribution is 0.161. The highest BCUT2D eigenvalue weighted by molar-refractivity contribution is 14.0. The molecule has 1 aliphatic heterocycles. The van der Waals surface area contributed by atoms with Gasteiger partial charge in [-0.1, -0.05) is 33.6 Å². The highest BCUT2D eigenvalue weighted by atomic mass is 127. The molecule has 1 aliphatic rings. The van der Waals surface area contributed by atoms with Crippen molar-refractivity contribution in [2.75, 3.05) is 26.7 Å². The second-order valence-electron chi connectivity index (χ2n) is 7.14. The van der Waals surface area contributed by atoms with Gasteiger partial charge in [0.15, 0.2) is 5.96 Å². The van der Waals surface area contributed by atoms with Crippen LogP contribution in [0.5, 0.6) is 0 Å². The Labute approximate surface area is 180 Å². The summed E-state index contributed by atoms with van der Waals surface area (Å²) in [6.45, 7) is 11.0. The summed E-state index contributed by atoms with van der Waals surface area (Å²) in [6, 6.07) is 0.559. The van der Waals surface area contributed by atoms with Gasteiger partial charge < -0.3 is 10.6 Å². The van der Waals surface area contributed by atoms with E-state index >= 15 is 0 Å². The number of nitrogens with one attached hydrogen (secondary N) is 2. The first-order valence-corrected chi connectivity index (χ1v) is 10.6. The smallest absolute Gasteiger partial charge is 0.191 e. The lowest BCUT2D eigenvalue weighted by atomic mass is 10.0. The zero-order valence-corrected chi connectivity index (χ0v) is 19.9. The van der Waals surface area contributed by atoms with Crippen molar-refractivity contribution in [2.24, 2.45) is 10.9 Å². The normalized spacial score (nSPS) is 17.5. The van der Waals surface area contributed by atoms with Crippen LogP contribution in [0.4, 0.5) is 0 Å². The average Bonchev–Trinajstić information content (AvgIpc) is 2.91. The number of rotatable bonds is 7. The number of hydrogen-bond donors (Lipinski definition) is 2. The fourth-order valence-corrected chi connectivity index (χ4v) is 4.19. The van der Waals surface area contributed by atoms with Gasteiger partial charge in [-0.3, -0.25) is 9.89 Å². The molecule has 0 spiro atoms. The maximum atomic E-state index is 4.47. The molecule has 1 unspecified atom stereocenters. The van der Waals surface area contributed by atoms with Crippen molar-refractivity contribution < 1.29 is 0 Å². The minimum atomic E-state index is 0. The Bertz CT molecular complexity index is 524. The topological polar surface area (TPSA) is 52.6 Å². The first kappa shape index (κ1) is 23.6. The molecule has 26 heavy (non-hydrogen) atoms. The monoisotopic (exact) mass is 493 g/mol. The second kappa shape index (κ2) is 12.9. The molecule has 150 valence electrons. The molecule has 1 aromatic heterocycles. The summed E-state index contributed by atoms with van der Waals surface area (Å²) in [5.41, 5.74) is 0. The minimum Gasteiger partial charge on any atom is -0.355 e. The van der Waals surface area contributed by atoms with E-state index in [1.165, 1.54) is 43.6 Å². The van der Waals surface area contributed by atoms with Crippen LogP contribution in [0.15, 0.2) is 11.2 Å². The summed E-state index contributed by atoms with van der Waals surface area (Å²) in [5.74, 6) is 1.50. The van der Waals surface area contributed by atoms with Crippen LogP contribution < -0.4 is 10.6 Å². The SMILES string of the molecule is CCc1cnc(CNC(=NC)NCC(C(C)C)N2CCCCCC2)s1.I. The predicted molar refractivity (Wildman–Crippen MR) is 124 cm³/mol. The van der Waals surface area contributed by atoms with Crippen LogP contribution in [0.2, 0.25) is 0 Å². The summed E-state index contributed by atoms with van der Waals surface area (Å²) >= 11 is 1.78. The van der Waals surface area contributed by atoms with E-state index in [4.69, 9.17) is 0 Å². The van der Waals surface area contributed by atoms with Crippen LogP contribution >= 0.6 is 35.3 Å². The molecule has 1 fully saturated rings. The van der Waals surface area contributed by atoms with E-state index in [0.29, 0.717) is 12.0 Å². The Morgan fingerprint density at radius 1 is 1.23 bits per heavy atom. The van der Waals surface area contributed by atoms with Crippen LogP contribution in [0.1, 0.15) is 56.3 Å². The van der Waals surface area contributed by atoms with Crippen molar-refractivity contribution in [2.45, 2.75) is 65.5 Å². The first-order valence-electron chi connectivity index (χ1n) is 9.76. The second-order valence-corrected chi connectivity index (χ2v) is 8.34. The van der Waals surface area contributed by atoms with E-state index in [1.807, 2.05) is 13.2 Å². The molecular formula is C19H36IN5S. The first-order chi connectivity index (χ1) is 12.1. The van der Waals surface area contributed by atoms with Crippen molar-refractivity contribution in [1.29, 1.82) is 0 Å². The Morgan fingerprint density at radius 3 is 2.46 bits per heavy atom. The quantitative estimate of drug-likeness (QED) is 0.344. The maximum absolute atomic E-state index is 4.47. The minimum absolute atomic E-state index is 0. The number of likely N-dealkylation sites (tertiary alicyclic amines) is 1. The number of aryl methyl sites for hydroxylation is 1. The zero-order valence-electron chi connectivity index (χ0n) is 16.8. The van der Waals surface area contributed by atoms with Crippen LogP contribution in [0.3, 0.4) is 0 Å². The fraction of sp³-hybridized carbons (Fsp3) is 0.789. The number of nitrogens with zero attached hydrogens (tertiary/aromatic N) is 3. The van der Waals surface area contributed by atoms with Crippen LogP contribution in [0, 0.1) is 5.92 Å². The van der Waals surface area contributed by atoms with E-state index in [0.717, 1.165) is 30.5 Å². The maximum Gasteiger partial charge on any atom is 0.191 e. The van der Waals surface area contributed by atoms with E-state index in [2.05, 4.69) is 46.3 Å². The molecule has 0 aliphatic carbocycles. The largest absolute Gasteiger partial charge is 0.355 e. The molecule has 0 saturated carbocycles. The summed E-state index contributed by atoms with van der Waals surface area (Å²) in [5, 5.41) is 8.05. The van der Waals surface area contributed by atoms with E-state index in [1.54, 1.807) is 11.3 Å². The van der Waals surface area contributed by atoms with Gasteiger partial charge in [0.05, 0.1) is 6.54 Å². The van der Waals surface area contributed by atoms with Crippen molar-refractivity contribution in [3.05, 3.63) is 16.1 Å². The third kappa shape index (κ3) is 7.68. The molecule has 2 N–H and O–H groups in total. The zero-order chi connectivity index (χ0) is 18.1. The van der Waals surface area contributed by atoms with E-state index in [-0.39, 0.29) is 24.0 Å². The molecule has 0 bridgehead atoms. The number of halogens is 1. The van der Waals surface area contributed by atoms with Crippen molar-refractivity contribution in [3.63, 3.8) is 0 Å². The van der Waals surface area contributed by atoms with Crippen LogP contribution in [-0.2, 0) is 13.0 Å². The molecule has 2 rings (SSSR count). The Balaban J connectivity index is 0.00000338. The standard InChI is InChI=1S/C19H35N5S.HI/c1-5-16-12-21-18(25-16)14-23-19(20-4)22-13-17(15(2)3)24-10-8-6-7-9-11-24;/h12,15,17H,5-11,13-14H2,1-4H3,(H2,20,22,23);1H. The molecule has 0 amide bonds. The van der Waals surface area contributed by atoms with Crippen LogP contribution in [0.25, 0.3) is 0 Å². The lowest BCUT2D eigenvalue weighted by Crippen LogP contribution is -2.49. The van der Waals surface area contributed by atoms with Gasteiger partial charge in [-0.25, -0.2) is 4.98 Å². The molecule has 5 nitrogen and oxygen atoms in total. The summed E-state index contributed by atoms with van der Waals surface area (Å²) in [7, 11) is 1.84. The van der Waals surface area contributed by atoms with Gasteiger partial charge in [0, 0.05) is 30.7 Å².